The monoisotopic (exact) mass is 694 g/mol. The normalized spacial score (nSPS) is 21.5. The second-order valence-corrected chi connectivity index (χ2v) is 16.3. The molecule has 0 N–H and O–H groups in total. The van der Waals surface area contributed by atoms with Crippen molar-refractivity contribution in [3.63, 3.8) is 0 Å². The number of rotatable bonds is 5. The summed E-state index contributed by atoms with van der Waals surface area (Å²) in [5, 5.41) is 16.4. The summed E-state index contributed by atoms with van der Waals surface area (Å²) in [5.41, 5.74) is 7.71. The third-order valence-electron chi connectivity index (χ3n) is 12.9. The summed E-state index contributed by atoms with van der Waals surface area (Å²) in [6.07, 6.45) is 8.41. The van der Waals surface area contributed by atoms with Gasteiger partial charge in [0, 0.05) is 16.7 Å². The van der Waals surface area contributed by atoms with E-state index >= 15 is 0 Å². The smallest absolute Gasteiger partial charge is 0.164 e. The van der Waals surface area contributed by atoms with Crippen LogP contribution in [-0.2, 0) is 5.41 Å². The molecule has 4 nitrogen and oxygen atoms in total. The average molecular weight is 695 g/mol. The second-order valence-electron chi connectivity index (χ2n) is 16.3. The molecule has 0 unspecified atom stereocenters. The van der Waals surface area contributed by atoms with Gasteiger partial charge in [-0.3, -0.25) is 0 Å². The third kappa shape index (κ3) is 5.30. The van der Waals surface area contributed by atoms with Crippen LogP contribution in [0.2, 0.25) is 0 Å². The van der Waals surface area contributed by atoms with Crippen LogP contribution in [0.15, 0.2) is 140 Å². The number of nitriles is 1. The van der Waals surface area contributed by atoms with Crippen LogP contribution < -0.4 is 0 Å². The van der Waals surface area contributed by atoms with Crippen LogP contribution in [-0.4, -0.2) is 15.0 Å². The molecule has 0 radical (unpaired) electrons. The number of nitrogens with zero attached hydrogens (tertiary/aromatic N) is 4. The maximum absolute atomic E-state index is 9.32. The first-order chi connectivity index (χ1) is 26.6. The van der Waals surface area contributed by atoms with Crippen molar-refractivity contribution in [3.8, 4) is 51.4 Å². The Morgan fingerprint density at radius 2 is 0.944 bits per heavy atom. The van der Waals surface area contributed by atoms with Crippen LogP contribution in [0.5, 0.6) is 0 Å². The number of hydrogen-bond acceptors (Lipinski definition) is 4. The zero-order valence-electron chi connectivity index (χ0n) is 30.0. The topological polar surface area (TPSA) is 62.5 Å². The molecular formula is C50H38N4. The summed E-state index contributed by atoms with van der Waals surface area (Å²) >= 11 is 0. The summed E-state index contributed by atoms with van der Waals surface area (Å²) in [6, 6.07) is 51.7. The highest BCUT2D eigenvalue weighted by atomic mass is 15.0. The van der Waals surface area contributed by atoms with Crippen molar-refractivity contribution in [3.05, 3.63) is 151 Å². The average Bonchev–Trinajstić information content (AvgIpc) is 3.22. The van der Waals surface area contributed by atoms with Crippen molar-refractivity contribution in [2.75, 3.05) is 0 Å². The van der Waals surface area contributed by atoms with E-state index in [1.807, 2.05) is 18.2 Å². The molecule has 4 saturated carbocycles. The standard InChI is InChI=1S/C50H38N4/c51-30-31-5-6-41-25-40(13-12-39(41)24-31)35-7-10-37(11-8-35)47-52-48(38-15-18-44(19-16-38)50-27-32-21-33(28-50)23-34(22-32)29-50)54-49(53-47)43-17-20-46-42(26-43)14-9-36-3-1-2-4-45(36)46/h1-20,24-26,32-34H,21-23,27-29H2/t32-,33+,34-,50?. The van der Waals surface area contributed by atoms with E-state index < -0.39 is 0 Å². The van der Waals surface area contributed by atoms with E-state index in [1.54, 1.807) is 0 Å². The maximum atomic E-state index is 9.32. The fourth-order valence-electron chi connectivity index (χ4n) is 10.7. The van der Waals surface area contributed by atoms with E-state index in [-0.39, 0.29) is 0 Å². The minimum Gasteiger partial charge on any atom is -0.208 e. The van der Waals surface area contributed by atoms with Crippen molar-refractivity contribution in [2.24, 2.45) is 17.8 Å². The SMILES string of the molecule is N#Cc1ccc2cc(-c3ccc(-c4nc(-c5ccc(C67C[C@H]8C[C@@H](C6)C[C@@H](C7)C8)cc5)nc(-c5ccc6c(ccc7ccccc76)c5)n4)cc3)ccc2c1. The number of benzene rings is 7. The van der Waals surface area contributed by atoms with Gasteiger partial charge in [-0.15, -0.1) is 0 Å². The van der Waals surface area contributed by atoms with Crippen LogP contribution in [0.25, 0.3) is 77.6 Å². The second kappa shape index (κ2) is 12.2. The highest BCUT2D eigenvalue weighted by molar-refractivity contribution is 6.08. The minimum atomic E-state index is 0.352. The molecule has 1 heterocycles. The first kappa shape index (κ1) is 31.4. The number of fused-ring (bicyclic) bond motifs is 4. The summed E-state index contributed by atoms with van der Waals surface area (Å²) in [6.45, 7) is 0. The lowest BCUT2D eigenvalue weighted by Gasteiger charge is -2.57. The van der Waals surface area contributed by atoms with Gasteiger partial charge in [-0.2, -0.15) is 5.26 Å². The van der Waals surface area contributed by atoms with Crippen LogP contribution >= 0.6 is 0 Å². The largest absolute Gasteiger partial charge is 0.208 e. The van der Waals surface area contributed by atoms with E-state index in [2.05, 4.69) is 127 Å². The molecule has 0 amide bonds. The van der Waals surface area contributed by atoms with Gasteiger partial charge in [-0.25, -0.2) is 15.0 Å². The van der Waals surface area contributed by atoms with Crippen LogP contribution in [0, 0.1) is 29.1 Å². The molecule has 1 aromatic heterocycles. The van der Waals surface area contributed by atoms with Gasteiger partial charge in [0.15, 0.2) is 17.5 Å². The molecule has 4 heteroatoms. The molecule has 7 aromatic carbocycles. The molecule has 0 atom stereocenters. The molecule has 0 saturated heterocycles. The zero-order valence-corrected chi connectivity index (χ0v) is 30.0. The van der Waals surface area contributed by atoms with Gasteiger partial charge in [-0.1, -0.05) is 115 Å². The van der Waals surface area contributed by atoms with Crippen molar-refractivity contribution in [2.45, 2.75) is 43.9 Å². The Kier molecular flexibility index (Phi) is 7.07. The van der Waals surface area contributed by atoms with Gasteiger partial charge in [0.05, 0.1) is 11.6 Å². The predicted octanol–water partition coefficient (Wildman–Crippen LogP) is 12.3. The van der Waals surface area contributed by atoms with Crippen molar-refractivity contribution < 1.29 is 0 Å². The fourth-order valence-corrected chi connectivity index (χ4v) is 10.7. The van der Waals surface area contributed by atoms with Gasteiger partial charge >= 0.3 is 0 Å². The summed E-state index contributed by atoms with van der Waals surface area (Å²) in [7, 11) is 0. The molecule has 4 aliphatic carbocycles. The quantitative estimate of drug-likeness (QED) is 0.168. The van der Waals surface area contributed by atoms with Crippen molar-refractivity contribution in [1.29, 1.82) is 5.26 Å². The van der Waals surface area contributed by atoms with Crippen molar-refractivity contribution in [1.82, 2.24) is 15.0 Å². The Morgan fingerprint density at radius 3 is 1.65 bits per heavy atom. The predicted molar refractivity (Wildman–Crippen MR) is 219 cm³/mol. The molecule has 4 fully saturated rings. The summed E-state index contributed by atoms with van der Waals surface area (Å²) in [4.78, 5) is 15.4. The lowest BCUT2D eigenvalue weighted by molar-refractivity contribution is -0.00518. The molecular weight excluding hydrogens is 657 g/mol. The van der Waals surface area contributed by atoms with Gasteiger partial charge < -0.3 is 0 Å². The minimum absolute atomic E-state index is 0.352. The molecule has 258 valence electrons. The fraction of sp³-hybridized carbons (Fsp3) is 0.200. The van der Waals surface area contributed by atoms with Gasteiger partial charge in [0.2, 0.25) is 0 Å². The molecule has 54 heavy (non-hydrogen) atoms. The van der Waals surface area contributed by atoms with E-state index in [9.17, 15) is 5.26 Å². The Labute approximate surface area is 315 Å². The third-order valence-corrected chi connectivity index (χ3v) is 12.9. The summed E-state index contributed by atoms with van der Waals surface area (Å²) in [5.74, 6) is 4.76. The van der Waals surface area contributed by atoms with E-state index in [1.165, 1.54) is 65.6 Å². The van der Waals surface area contributed by atoms with Crippen LogP contribution in [0.1, 0.15) is 49.7 Å². The molecule has 8 aromatic rings. The Morgan fingerprint density at radius 1 is 0.444 bits per heavy atom. The zero-order chi connectivity index (χ0) is 35.8. The van der Waals surface area contributed by atoms with Gasteiger partial charge in [0.1, 0.15) is 0 Å². The number of hydrogen-bond donors (Lipinski definition) is 0. The Balaban J connectivity index is 0.985. The molecule has 0 spiro atoms. The van der Waals surface area contributed by atoms with Gasteiger partial charge in [-0.05, 0) is 135 Å². The first-order valence-electron chi connectivity index (χ1n) is 19.4. The Hall–Kier alpha value is -6.18. The molecule has 4 aliphatic rings. The van der Waals surface area contributed by atoms with Crippen molar-refractivity contribution >= 4 is 32.3 Å². The molecule has 4 bridgehead atoms. The molecule has 0 aliphatic heterocycles. The van der Waals surface area contributed by atoms with Gasteiger partial charge in [0.25, 0.3) is 0 Å². The highest BCUT2D eigenvalue weighted by Gasteiger charge is 2.51. The van der Waals surface area contributed by atoms with Crippen LogP contribution in [0.3, 0.4) is 0 Å². The first-order valence-corrected chi connectivity index (χ1v) is 19.4. The van der Waals surface area contributed by atoms with E-state index in [4.69, 9.17) is 15.0 Å². The number of aromatic nitrogens is 3. The van der Waals surface area contributed by atoms with Crippen LogP contribution in [0.4, 0.5) is 0 Å². The lowest BCUT2D eigenvalue weighted by Crippen LogP contribution is -2.48. The van der Waals surface area contributed by atoms with E-state index in [0.717, 1.165) is 56.3 Å². The van der Waals surface area contributed by atoms with E-state index in [0.29, 0.717) is 28.5 Å². The highest BCUT2D eigenvalue weighted by Crippen LogP contribution is 2.60. The lowest BCUT2D eigenvalue weighted by atomic mass is 9.48. The molecule has 12 rings (SSSR count). The summed E-state index contributed by atoms with van der Waals surface area (Å²) < 4.78 is 0. The maximum Gasteiger partial charge on any atom is 0.164 e. The Bertz CT molecular complexity index is 2780.